The fourth-order valence-electron chi connectivity index (χ4n) is 2.31. The lowest BCUT2D eigenvalue weighted by Gasteiger charge is -2.09. The smallest absolute Gasteiger partial charge is 0.272 e. The molecule has 8 heteroatoms. The summed E-state index contributed by atoms with van der Waals surface area (Å²) in [6.45, 7) is 1.65. The van der Waals surface area contributed by atoms with Crippen LogP contribution in [-0.2, 0) is 0 Å². The molecular weight excluding hydrogens is 336 g/mol. The van der Waals surface area contributed by atoms with E-state index in [0.717, 1.165) is 5.69 Å². The van der Waals surface area contributed by atoms with Crippen LogP contribution in [0.25, 0.3) is 0 Å². The van der Waals surface area contributed by atoms with Gasteiger partial charge in [-0.1, -0.05) is 6.07 Å². The van der Waals surface area contributed by atoms with Crippen LogP contribution in [0.3, 0.4) is 0 Å². The Morgan fingerprint density at radius 2 is 1.96 bits per heavy atom. The molecule has 1 heterocycles. The van der Waals surface area contributed by atoms with E-state index in [-0.39, 0.29) is 5.69 Å². The summed E-state index contributed by atoms with van der Waals surface area (Å²) < 4.78 is 10.9. The van der Waals surface area contributed by atoms with E-state index < -0.39 is 4.92 Å². The molecule has 3 aromatic rings. The van der Waals surface area contributed by atoms with E-state index in [9.17, 15) is 10.1 Å². The number of aromatic nitrogens is 2. The van der Waals surface area contributed by atoms with Gasteiger partial charge in [-0.25, -0.2) is 4.98 Å². The van der Waals surface area contributed by atoms with Gasteiger partial charge in [0.2, 0.25) is 11.8 Å². The Balaban J connectivity index is 1.77. The Bertz CT molecular complexity index is 946. The molecule has 0 aliphatic rings. The Morgan fingerprint density at radius 1 is 1.12 bits per heavy atom. The maximum atomic E-state index is 10.9. The number of benzene rings is 2. The molecule has 3 rings (SSSR count). The minimum atomic E-state index is -0.431. The number of ether oxygens (including phenoxy) is 2. The number of rotatable bonds is 6. The summed E-state index contributed by atoms with van der Waals surface area (Å²) in [5.74, 6) is 1.84. The van der Waals surface area contributed by atoms with Gasteiger partial charge in [0.25, 0.3) is 5.69 Å². The predicted octanol–water partition coefficient (Wildman–Crippen LogP) is 4.24. The second kappa shape index (κ2) is 7.47. The minimum Gasteiger partial charge on any atom is -0.497 e. The SMILES string of the molecule is COc1cccc(Nc2nccc(Oc3ccc([N+](=O)[O-])c(C)c3)n2)c1. The Hall–Kier alpha value is -3.68. The van der Waals surface area contributed by atoms with Gasteiger partial charge >= 0.3 is 0 Å². The molecule has 1 aromatic heterocycles. The predicted molar refractivity (Wildman–Crippen MR) is 96.2 cm³/mol. The number of aryl methyl sites for hydroxylation is 1. The van der Waals surface area contributed by atoms with Crippen molar-refractivity contribution in [1.29, 1.82) is 0 Å². The molecule has 0 spiro atoms. The van der Waals surface area contributed by atoms with E-state index in [2.05, 4.69) is 15.3 Å². The molecule has 0 atom stereocenters. The first-order valence-electron chi connectivity index (χ1n) is 7.72. The Labute approximate surface area is 149 Å². The van der Waals surface area contributed by atoms with Crippen LogP contribution in [0.15, 0.2) is 54.7 Å². The lowest BCUT2D eigenvalue weighted by Crippen LogP contribution is -1.99. The van der Waals surface area contributed by atoms with E-state index in [1.165, 1.54) is 12.1 Å². The molecule has 2 aromatic carbocycles. The van der Waals surface area contributed by atoms with Crippen molar-refractivity contribution in [3.8, 4) is 17.4 Å². The molecule has 26 heavy (non-hydrogen) atoms. The summed E-state index contributed by atoms with van der Waals surface area (Å²) in [6.07, 6.45) is 1.56. The van der Waals surface area contributed by atoms with E-state index in [1.807, 2.05) is 24.3 Å². The van der Waals surface area contributed by atoms with Crippen molar-refractivity contribution in [3.63, 3.8) is 0 Å². The zero-order valence-corrected chi connectivity index (χ0v) is 14.2. The molecule has 0 radical (unpaired) electrons. The molecular formula is C18H16N4O4. The van der Waals surface area contributed by atoms with E-state index in [4.69, 9.17) is 9.47 Å². The van der Waals surface area contributed by atoms with Gasteiger partial charge in [0.15, 0.2) is 0 Å². The standard InChI is InChI=1S/C18H16N4O4/c1-12-10-15(6-7-16(12)22(23)24)26-17-8-9-19-18(21-17)20-13-4-3-5-14(11-13)25-2/h3-11H,1-2H3,(H,19,20,21). The van der Waals surface area contributed by atoms with Crippen LogP contribution in [0.2, 0.25) is 0 Å². The molecule has 8 nitrogen and oxygen atoms in total. The summed E-state index contributed by atoms with van der Waals surface area (Å²) >= 11 is 0. The van der Waals surface area contributed by atoms with Crippen molar-refractivity contribution in [2.45, 2.75) is 6.92 Å². The van der Waals surface area contributed by atoms with Gasteiger partial charge in [-0.15, -0.1) is 0 Å². The van der Waals surface area contributed by atoms with Crippen molar-refractivity contribution < 1.29 is 14.4 Å². The van der Waals surface area contributed by atoms with E-state index >= 15 is 0 Å². The second-order valence-corrected chi connectivity index (χ2v) is 5.38. The van der Waals surface area contributed by atoms with Gasteiger partial charge < -0.3 is 14.8 Å². The number of nitrogens with zero attached hydrogens (tertiary/aromatic N) is 3. The van der Waals surface area contributed by atoms with Gasteiger partial charge in [0.05, 0.1) is 12.0 Å². The van der Waals surface area contributed by atoms with Crippen LogP contribution in [0.1, 0.15) is 5.56 Å². The third-order valence-electron chi connectivity index (χ3n) is 3.54. The summed E-state index contributed by atoms with van der Waals surface area (Å²) in [5.41, 5.74) is 1.32. The van der Waals surface area contributed by atoms with Crippen LogP contribution in [0.4, 0.5) is 17.3 Å². The molecule has 0 aliphatic heterocycles. The number of hydrogen-bond donors (Lipinski definition) is 1. The largest absolute Gasteiger partial charge is 0.497 e. The van der Waals surface area contributed by atoms with Gasteiger partial charge in [0.1, 0.15) is 11.5 Å². The quantitative estimate of drug-likeness (QED) is 0.523. The molecule has 0 saturated heterocycles. The van der Waals surface area contributed by atoms with Gasteiger partial charge in [0, 0.05) is 35.6 Å². The molecule has 0 aliphatic carbocycles. The summed E-state index contributed by atoms with van der Waals surface area (Å²) in [4.78, 5) is 18.9. The average Bonchev–Trinajstić information content (AvgIpc) is 2.62. The highest BCUT2D eigenvalue weighted by atomic mass is 16.6. The van der Waals surface area contributed by atoms with Crippen LogP contribution in [0, 0.1) is 17.0 Å². The lowest BCUT2D eigenvalue weighted by molar-refractivity contribution is -0.385. The first-order valence-corrected chi connectivity index (χ1v) is 7.72. The first kappa shape index (κ1) is 17.2. The molecule has 0 saturated carbocycles. The van der Waals surface area contributed by atoms with E-state index in [1.54, 1.807) is 32.4 Å². The summed E-state index contributed by atoms with van der Waals surface area (Å²) in [7, 11) is 1.59. The van der Waals surface area contributed by atoms with E-state index in [0.29, 0.717) is 28.9 Å². The third-order valence-corrected chi connectivity index (χ3v) is 3.54. The highest BCUT2D eigenvalue weighted by Crippen LogP contribution is 2.27. The lowest BCUT2D eigenvalue weighted by atomic mass is 10.2. The van der Waals surface area contributed by atoms with Gasteiger partial charge in [-0.05, 0) is 31.2 Å². The van der Waals surface area contributed by atoms with Crippen LogP contribution < -0.4 is 14.8 Å². The van der Waals surface area contributed by atoms with Crippen molar-refractivity contribution in [2.24, 2.45) is 0 Å². The fourth-order valence-corrected chi connectivity index (χ4v) is 2.31. The number of nitro benzene ring substituents is 1. The van der Waals surface area contributed by atoms with Gasteiger partial charge in [-0.3, -0.25) is 10.1 Å². The number of nitro groups is 1. The summed E-state index contributed by atoms with van der Waals surface area (Å²) in [5, 5.41) is 14.0. The first-order chi connectivity index (χ1) is 12.5. The highest BCUT2D eigenvalue weighted by molar-refractivity contribution is 5.56. The Morgan fingerprint density at radius 3 is 2.69 bits per heavy atom. The normalized spacial score (nSPS) is 10.2. The van der Waals surface area contributed by atoms with Crippen molar-refractivity contribution in [2.75, 3.05) is 12.4 Å². The topological polar surface area (TPSA) is 99.4 Å². The maximum absolute atomic E-state index is 10.9. The number of anilines is 2. The third kappa shape index (κ3) is 4.04. The number of hydrogen-bond acceptors (Lipinski definition) is 7. The average molecular weight is 352 g/mol. The van der Waals surface area contributed by atoms with Crippen LogP contribution in [0.5, 0.6) is 17.4 Å². The van der Waals surface area contributed by atoms with Crippen LogP contribution in [-0.4, -0.2) is 22.0 Å². The molecule has 0 unspecified atom stereocenters. The molecule has 0 bridgehead atoms. The zero-order valence-electron chi connectivity index (χ0n) is 14.2. The second-order valence-electron chi connectivity index (χ2n) is 5.38. The van der Waals surface area contributed by atoms with Crippen LogP contribution >= 0.6 is 0 Å². The number of nitrogens with one attached hydrogen (secondary N) is 1. The zero-order chi connectivity index (χ0) is 18.5. The maximum Gasteiger partial charge on any atom is 0.272 e. The minimum absolute atomic E-state index is 0.0421. The molecule has 0 amide bonds. The summed E-state index contributed by atoms with van der Waals surface area (Å²) in [6, 6.07) is 13.5. The number of methoxy groups -OCH3 is 1. The van der Waals surface area contributed by atoms with Crippen molar-refractivity contribution >= 4 is 17.3 Å². The monoisotopic (exact) mass is 352 g/mol. The molecule has 1 N–H and O–H groups in total. The highest BCUT2D eigenvalue weighted by Gasteiger charge is 2.11. The molecule has 0 fully saturated rings. The van der Waals surface area contributed by atoms with Crippen molar-refractivity contribution in [3.05, 3.63) is 70.4 Å². The van der Waals surface area contributed by atoms with Gasteiger partial charge in [-0.2, -0.15) is 4.98 Å². The Kier molecular flexibility index (Phi) is 4.93. The van der Waals surface area contributed by atoms with Crippen molar-refractivity contribution in [1.82, 2.24) is 9.97 Å². The fraction of sp³-hybridized carbons (Fsp3) is 0.111. The molecule has 132 valence electrons.